The van der Waals surface area contributed by atoms with Gasteiger partial charge in [-0.05, 0) is 45.7 Å². The van der Waals surface area contributed by atoms with Gasteiger partial charge in [0.15, 0.2) is 16.3 Å². The molecule has 1 aromatic heterocycles. The maximum Gasteiger partial charge on any atom is 0.586 e. The summed E-state index contributed by atoms with van der Waals surface area (Å²) in [5, 5.41) is 0. The van der Waals surface area contributed by atoms with Crippen molar-refractivity contribution in [2.45, 2.75) is 52.0 Å². The van der Waals surface area contributed by atoms with Gasteiger partial charge in [-0.1, -0.05) is 0 Å². The molecule has 2 aliphatic rings. The van der Waals surface area contributed by atoms with E-state index in [1.54, 1.807) is 15.5 Å². The molecular weight excluding hydrogens is 376 g/mol. The number of aryl methyl sites for hydroxylation is 1. The SMILES string of the molecule is Cc1cn(-c2ccc3c(c2)OC(F)(F)O3)/c(=N/C(=O)N2C(C)CCC2C)s1. The predicted octanol–water partition coefficient (Wildman–Crippen LogP) is 4.06. The van der Waals surface area contributed by atoms with E-state index >= 15 is 0 Å². The molecule has 9 heteroatoms. The second kappa shape index (κ2) is 6.33. The smallest absolute Gasteiger partial charge is 0.395 e. The van der Waals surface area contributed by atoms with Crippen LogP contribution in [0.15, 0.2) is 29.4 Å². The van der Waals surface area contributed by atoms with Gasteiger partial charge < -0.3 is 14.4 Å². The number of nitrogens with zero attached hydrogens (tertiary/aromatic N) is 3. The quantitative estimate of drug-likeness (QED) is 0.732. The Hall–Kier alpha value is -2.42. The summed E-state index contributed by atoms with van der Waals surface area (Å²) in [6.45, 7) is 5.93. The number of rotatable bonds is 1. The molecule has 2 atom stereocenters. The third kappa shape index (κ3) is 3.31. The first-order valence-electron chi connectivity index (χ1n) is 8.70. The fraction of sp³-hybridized carbons (Fsp3) is 0.444. The molecule has 2 unspecified atom stereocenters. The van der Waals surface area contributed by atoms with Crippen molar-refractivity contribution in [3.05, 3.63) is 34.1 Å². The van der Waals surface area contributed by atoms with Crippen LogP contribution in [0.3, 0.4) is 0 Å². The number of benzene rings is 1. The van der Waals surface area contributed by atoms with E-state index in [0.717, 1.165) is 17.7 Å². The third-order valence-corrected chi connectivity index (χ3v) is 5.69. The summed E-state index contributed by atoms with van der Waals surface area (Å²) in [7, 11) is 0. The number of aromatic nitrogens is 1. The number of ether oxygens (including phenoxy) is 2. The molecule has 0 spiro atoms. The first kappa shape index (κ1) is 18.0. The van der Waals surface area contributed by atoms with Crippen molar-refractivity contribution >= 4 is 17.4 Å². The van der Waals surface area contributed by atoms with Crippen LogP contribution < -0.4 is 14.3 Å². The normalized spacial score (nSPS) is 23.9. The highest BCUT2D eigenvalue weighted by molar-refractivity contribution is 7.09. The molecule has 3 heterocycles. The summed E-state index contributed by atoms with van der Waals surface area (Å²) >= 11 is 1.36. The molecule has 0 radical (unpaired) electrons. The minimum absolute atomic E-state index is 0.0226. The van der Waals surface area contributed by atoms with Gasteiger partial charge in [0.05, 0.1) is 5.69 Å². The summed E-state index contributed by atoms with van der Waals surface area (Å²) in [6.07, 6.45) is 0.0647. The van der Waals surface area contributed by atoms with Crippen molar-refractivity contribution in [1.29, 1.82) is 0 Å². The molecule has 1 saturated heterocycles. The molecule has 0 saturated carbocycles. The van der Waals surface area contributed by atoms with Crippen LogP contribution in [0, 0.1) is 6.92 Å². The lowest BCUT2D eigenvalue weighted by Crippen LogP contribution is -2.37. The molecule has 27 heavy (non-hydrogen) atoms. The van der Waals surface area contributed by atoms with E-state index in [1.165, 1.54) is 23.5 Å². The van der Waals surface area contributed by atoms with Crippen LogP contribution >= 0.6 is 11.3 Å². The highest BCUT2D eigenvalue weighted by atomic mass is 32.1. The van der Waals surface area contributed by atoms with Gasteiger partial charge in [-0.2, -0.15) is 4.99 Å². The van der Waals surface area contributed by atoms with Crippen molar-refractivity contribution in [1.82, 2.24) is 9.47 Å². The van der Waals surface area contributed by atoms with Gasteiger partial charge >= 0.3 is 12.3 Å². The minimum atomic E-state index is -3.67. The van der Waals surface area contributed by atoms with E-state index in [2.05, 4.69) is 14.5 Å². The lowest BCUT2D eigenvalue weighted by molar-refractivity contribution is -0.286. The molecule has 1 aromatic carbocycles. The number of carbonyl (C=O) groups excluding carboxylic acids is 1. The second-order valence-corrected chi connectivity index (χ2v) is 8.08. The van der Waals surface area contributed by atoms with Gasteiger partial charge in [0.1, 0.15) is 0 Å². The van der Waals surface area contributed by atoms with Gasteiger partial charge in [-0.3, -0.25) is 4.57 Å². The van der Waals surface area contributed by atoms with Gasteiger partial charge in [-0.25, -0.2) is 4.79 Å². The standard InChI is InChI=1S/C18H19F2N3O3S/c1-10-4-5-11(2)23(10)16(24)21-17-22(9-12(3)27-17)13-6-7-14-15(8-13)26-18(19,20)25-14/h6-11H,4-5H2,1-3H3/b21-17-. The van der Waals surface area contributed by atoms with E-state index in [1.807, 2.05) is 27.0 Å². The molecule has 2 aliphatic heterocycles. The number of carbonyl (C=O) groups is 1. The molecule has 0 bridgehead atoms. The van der Waals surface area contributed by atoms with Crippen molar-refractivity contribution in [3.8, 4) is 17.2 Å². The van der Waals surface area contributed by atoms with E-state index in [0.29, 0.717) is 10.5 Å². The van der Waals surface area contributed by atoms with Crippen LogP contribution in [0.2, 0.25) is 0 Å². The summed E-state index contributed by atoms with van der Waals surface area (Å²) in [6, 6.07) is 4.52. The fourth-order valence-corrected chi connectivity index (χ4v) is 4.34. The monoisotopic (exact) mass is 395 g/mol. The Morgan fingerprint density at radius 1 is 1.22 bits per heavy atom. The van der Waals surface area contributed by atoms with Crippen LogP contribution in [0.25, 0.3) is 5.69 Å². The van der Waals surface area contributed by atoms with E-state index < -0.39 is 6.29 Å². The average Bonchev–Trinajstić information content (AvgIpc) is 3.20. The molecular formula is C18H19F2N3O3S. The van der Waals surface area contributed by atoms with Crippen molar-refractivity contribution in [3.63, 3.8) is 0 Å². The van der Waals surface area contributed by atoms with Crippen LogP contribution in [0.4, 0.5) is 13.6 Å². The number of halogens is 2. The number of hydrogen-bond acceptors (Lipinski definition) is 4. The Morgan fingerprint density at radius 3 is 2.59 bits per heavy atom. The molecule has 4 rings (SSSR count). The molecule has 2 aromatic rings. The largest absolute Gasteiger partial charge is 0.586 e. The van der Waals surface area contributed by atoms with Crippen LogP contribution in [0.1, 0.15) is 31.6 Å². The minimum Gasteiger partial charge on any atom is -0.395 e. The lowest BCUT2D eigenvalue weighted by atomic mass is 10.2. The zero-order chi connectivity index (χ0) is 19.3. The Kier molecular flexibility index (Phi) is 4.21. The fourth-order valence-electron chi connectivity index (χ4n) is 3.52. The zero-order valence-corrected chi connectivity index (χ0v) is 15.9. The number of alkyl halides is 2. The van der Waals surface area contributed by atoms with Gasteiger partial charge in [-0.15, -0.1) is 20.1 Å². The van der Waals surface area contributed by atoms with Gasteiger partial charge in [0.2, 0.25) is 0 Å². The maximum atomic E-state index is 13.3. The zero-order valence-electron chi connectivity index (χ0n) is 15.1. The third-order valence-electron chi connectivity index (χ3n) is 4.80. The number of urea groups is 1. The first-order valence-corrected chi connectivity index (χ1v) is 9.51. The van der Waals surface area contributed by atoms with Crippen molar-refractivity contribution < 1.29 is 23.0 Å². The number of hydrogen-bond donors (Lipinski definition) is 0. The summed E-state index contributed by atoms with van der Waals surface area (Å²) < 4.78 is 37.2. The van der Waals surface area contributed by atoms with Crippen LogP contribution in [-0.4, -0.2) is 33.9 Å². The molecule has 1 fully saturated rings. The number of fused-ring (bicyclic) bond motifs is 1. The summed E-state index contributed by atoms with van der Waals surface area (Å²) in [5.41, 5.74) is 0.563. The van der Waals surface area contributed by atoms with E-state index in [4.69, 9.17) is 0 Å². The number of thiazole rings is 1. The lowest BCUT2D eigenvalue weighted by Gasteiger charge is -2.23. The van der Waals surface area contributed by atoms with Gasteiger partial charge in [0, 0.05) is 29.2 Å². The summed E-state index contributed by atoms with van der Waals surface area (Å²) in [4.78, 5) is 20.2. The van der Waals surface area contributed by atoms with Crippen molar-refractivity contribution in [2.24, 2.45) is 4.99 Å². The maximum absolute atomic E-state index is 13.3. The summed E-state index contributed by atoms with van der Waals surface area (Å²) in [5.74, 6) is -0.0708. The predicted molar refractivity (Wildman–Crippen MR) is 95.5 cm³/mol. The van der Waals surface area contributed by atoms with E-state index in [-0.39, 0.29) is 29.6 Å². The molecule has 2 amide bonds. The first-order chi connectivity index (χ1) is 12.7. The topological polar surface area (TPSA) is 56.1 Å². The Bertz CT molecular complexity index is 959. The van der Waals surface area contributed by atoms with E-state index in [9.17, 15) is 13.6 Å². The van der Waals surface area contributed by atoms with Crippen LogP contribution in [-0.2, 0) is 0 Å². The highest BCUT2D eigenvalue weighted by Gasteiger charge is 2.43. The second-order valence-electron chi connectivity index (χ2n) is 6.87. The molecule has 0 N–H and O–H groups in total. The number of likely N-dealkylation sites (tertiary alicyclic amines) is 1. The Balaban J connectivity index is 1.71. The van der Waals surface area contributed by atoms with Crippen molar-refractivity contribution in [2.75, 3.05) is 0 Å². The molecule has 6 nitrogen and oxygen atoms in total. The average molecular weight is 395 g/mol. The van der Waals surface area contributed by atoms with Gasteiger partial charge in [0.25, 0.3) is 0 Å². The highest BCUT2D eigenvalue weighted by Crippen LogP contribution is 2.41. The molecule has 144 valence electrons. The Morgan fingerprint density at radius 2 is 1.89 bits per heavy atom. The number of amides is 2. The van der Waals surface area contributed by atoms with Crippen LogP contribution in [0.5, 0.6) is 11.5 Å². The molecule has 0 aliphatic carbocycles. The Labute approximate surface area is 158 Å².